The van der Waals surface area contributed by atoms with Gasteiger partial charge in [-0.05, 0) is 24.6 Å². The maximum Gasteiger partial charge on any atom is 0.272 e. The van der Waals surface area contributed by atoms with Gasteiger partial charge in [0.15, 0.2) is 0 Å². The molecule has 0 spiro atoms. The molecule has 2 aromatic rings. The fourth-order valence-electron chi connectivity index (χ4n) is 1.77. The first-order chi connectivity index (χ1) is 9.08. The van der Waals surface area contributed by atoms with Gasteiger partial charge >= 0.3 is 0 Å². The fraction of sp³-hybridized carbons (Fsp3) is 0.154. The molecule has 0 amide bonds. The smallest absolute Gasteiger partial charge is 0.272 e. The largest absolute Gasteiger partial charge is 0.381 e. The van der Waals surface area contributed by atoms with Gasteiger partial charge in [0.2, 0.25) is 0 Å². The van der Waals surface area contributed by atoms with Crippen LogP contribution in [-0.4, -0.2) is 9.91 Å². The number of benzene rings is 1. The molecule has 0 aliphatic carbocycles. The highest BCUT2D eigenvalue weighted by atomic mass is 35.5. The number of anilines is 1. The average molecular weight is 278 g/mol. The molecular weight excluding hydrogens is 266 g/mol. The molecule has 0 saturated carbocycles. The van der Waals surface area contributed by atoms with Gasteiger partial charge in [0, 0.05) is 30.1 Å². The highest BCUT2D eigenvalue weighted by Crippen LogP contribution is 2.22. The Bertz CT molecular complexity index is 617. The molecule has 1 aromatic heterocycles. The van der Waals surface area contributed by atoms with Crippen LogP contribution in [0, 0.1) is 17.0 Å². The number of nitrogens with one attached hydrogen (secondary N) is 1. The van der Waals surface area contributed by atoms with Crippen molar-refractivity contribution in [2.24, 2.45) is 0 Å². The van der Waals surface area contributed by atoms with Gasteiger partial charge in [-0.25, -0.2) is 4.98 Å². The van der Waals surface area contributed by atoms with E-state index in [9.17, 15) is 10.1 Å². The highest BCUT2D eigenvalue weighted by molar-refractivity contribution is 6.29. The normalized spacial score (nSPS) is 10.2. The van der Waals surface area contributed by atoms with E-state index >= 15 is 0 Å². The van der Waals surface area contributed by atoms with Crippen molar-refractivity contribution in [1.29, 1.82) is 0 Å². The van der Waals surface area contributed by atoms with Crippen molar-refractivity contribution in [1.82, 2.24) is 4.98 Å². The number of rotatable bonds is 4. The molecule has 6 heteroatoms. The van der Waals surface area contributed by atoms with E-state index in [4.69, 9.17) is 11.6 Å². The van der Waals surface area contributed by atoms with Gasteiger partial charge in [-0.15, -0.1) is 0 Å². The molecule has 98 valence electrons. The summed E-state index contributed by atoms with van der Waals surface area (Å²) < 4.78 is 0. The molecule has 5 nitrogen and oxygen atoms in total. The zero-order chi connectivity index (χ0) is 13.8. The topological polar surface area (TPSA) is 68.1 Å². The van der Waals surface area contributed by atoms with Crippen LogP contribution >= 0.6 is 11.6 Å². The number of nitrogens with zero attached hydrogens (tertiary/aromatic N) is 2. The van der Waals surface area contributed by atoms with Gasteiger partial charge in [-0.2, -0.15) is 0 Å². The summed E-state index contributed by atoms with van der Waals surface area (Å²) in [6, 6.07) is 8.54. The van der Waals surface area contributed by atoms with Gasteiger partial charge in [0.05, 0.1) is 4.92 Å². The average Bonchev–Trinajstić information content (AvgIpc) is 2.37. The van der Waals surface area contributed by atoms with Crippen molar-refractivity contribution < 1.29 is 4.92 Å². The molecule has 19 heavy (non-hydrogen) atoms. The van der Waals surface area contributed by atoms with Crippen LogP contribution in [0.2, 0.25) is 5.15 Å². The minimum atomic E-state index is -0.373. The summed E-state index contributed by atoms with van der Waals surface area (Å²) in [5.74, 6) is 0. The number of hydrogen-bond acceptors (Lipinski definition) is 4. The van der Waals surface area contributed by atoms with E-state index in [1.807, 2.05) is 6.07 Å². The van der Waals surface area contributed by atoms with E-state index in [1.165, 1.54) is 6.07 Å². The van der Waals surface area contributed by atoms with Gasteiger partial charge in [-0.3, -0.25) is 10.1 Å². The van der Waals surface area contributed by atoms with Crippen LogP contribution in [0.3, 0.4) is 0 Å². The van der Waals surface area contributed by atoms with Gasteiger partial charge in [-0.1, -0.05) is 23.7 Å². The molecule has 1 aromatic carbocycles. The predicted molar refractivity (Wildman–Crippen MR) is 74.4 cm³/mol. The van der Waals surface area contributed by atoms with Gasteiger partial charge < -0.3 is 5.32 Å². The summed E-state index contributed by atoms with van der Waals surface area (Å²) in [6.07, 6.45) is 1.60. The number of nitro groups is 1. The zero-order valence-electron chi connectivity index (χ0n) is 10.3. The van der Waals surface area contributed by atoms with Crippen LogP contribution in [0.25, 0.3) is 0 Å². The quantitative estimate of drug-likeness (QED) is 0.527. The molecular formula is C13H12ClN3O2. The summed E-state index contributed by atoms with van der Waals surface area (Å²) in [5.41, 5.74) is 2.50. The maximum absolute atomic E-state index is 10.9. The lowest BCUT2D eigenvalue weighted by Gasteiger charge is -2.09. The first-order valence-corrected chi connectivity index (χ1v) is 6.04. The van der Waals surface area contributed by atoms with Crippen LogP contribution in [0.5, 0.6) is 0 Å². The SMILES string of the molecule is Cc1c(CNc2ccnc(Cl)c2)cccc1[N+](=O)[O-]. The standard InChI is InChI=1S/C13H12ClN3O2/c1-9-10(3-2-4-12(9)17(18)19)8-16-11-5-6-15-13(14)7-11/h2-7H,8H2,1H3,(H,15,16). The lowest BCUT2D eigenvalue weighted by molar-refractivity contribution is -0.385. The van der Waals surface area contributed by atoms with E-state index in [1.54, 1.807) is 31.3 Å². The third kappa shape index (κ3) is 3.20. The number of pyridine rings is 1. The molecule has 0 aliphatic rings. The Morgan fingerprint density at radius 1 is 1.42 bits per heavy atom. The highest BCUT2D eigenvalue weighted by Gasteiger charge is 2.12. The molecule has 1 N–H and O–H groups in total. The Morgan fingerprint density at radius 3 is 2.89 bits per heavy atom. The lowest BCUT2D eigenvalue weighted by atomic mass is 10.1. The van der Waals surface area contributed by atoms with Crippen LogP contribution in [0.1, 0.15) is 11.1 Å². The summed E-state index contributed by atoms with van der Waals surface area (Å²) in [7, 11) is 0. The summed E-state index contributed by atoms with van der Waals surface area (Å²) >= 11 is 5.78. The first kappa shape index (κ1) is 13.3. The molecule has 0 atom stereocenters. The van der Waals surface area contributed by atoms with Crippen molar-refractivity contribution in [2.45, 2.75) is 13.5 Å². The lowest BCUT2D eigenvalue weighted by Crippen LogP contribution is -2.03. The number of aromatic nitrogens is 1. The van der Waals surface area contributed by atoms with E-state index < -0.39 is 0 Å². The van der Waals surface area contributed by atoms with E-state index in [0.717, 1.165) is 11.3 Å². The zero-order valence-corrected chi connectivity index (χ0v) is 11.0. The van der Waals surface area contributed by atoms with Crippen molar-refractivity contribution >= 4 is 23.0 Å². The van der Waals surface area contributed by atoms with Gasteiger partial charge in [0.25, 0.3) is 5.69 Å². The van der Waals surface area contributed by atoms with Crippen molar-refractivity contribution in [2.75, 3.05) is 5.32 Å². The molecule has 0 radical (unpaired) electrons. The van der Waals surface area contributed by atoms with Crippen molar-refractivity contribution in [3.63, 3.8) is 0 Å². The maximum atomic E-state index is 10.9. The molecule has 0 bridgehead atoms. The Morgan fingerprint density at radius 2 is 2.21 bits per heavy atom. The second kappa shape index (κ2) is 5.67. The Labute approximate surface area is 115 Å². The third-order valence-corrected chi connectivity index (χ3v) is 3.03. The Hall–Kier alpha value is -2.14. The van der Waals surface area contributed by atoms with Crippen LogP contribution in [0.4, 0.5) is 11.4 Å². The summed E-state index contributed by atoms with van der Waals surface area (Å²) in [6.45, 7) is 2.24. The van der Waals surface area contributed by atoms with Gasteiger partial charge in [0.1, 0.15) is 5.15 Å². The van der Waals surface area contributed by atoms with Crippen LogP contribution in [-0.2, 0) is 6.54 Å². The third-order valence-electron chi connectivity index (χ3n) is 2.82. The molecule has 0 fully saturated rings. The van der Waals surface area contributed by atoms with Crippen LogP contribution in [0.15, 0.2) is 36.5 Å². The fourth-order valence-corrected chi connectivity index (χ4v) is 1.94. The van der Waals surface area contributed by atoms with Crippen molar-refractivity contribution in [3.8, 4) is 0 Å². The summed E-state index contributed by atoms with van der Waals surface area (Å²) in [5, 5.41) is 14.4. The minimum Gasteiger partial charge on any atom is -0.381 e. The minimum absolute atomic E-state index is 0.132. The molecule has 0 aliphatic heterocycles. The number of hydrogen-bond donors (Lipinski definition) is 1. The Balaban J connectivity index is 2.16. The Kier molecular flexibility index (Phi) is 3.97. The predicted octanol–water partition coefficient (Wildman–Crippen LogP) is 3.56. The monoisotopic (exact) mass is 277 g/mol. The van der Waals surface area contributed by atoms with E-state index in [0.29, 0.717) is 17.3 Å². The molecule has 0 unspecified atom stereocenters. The molecule has 0 saturated heterocycles. The second-order valence-corrected chi connectivity index (χ2v) is 4.43. The number of nitro benzene ring substituents is 1. The molecule has 2 rings (SSSR count). The summed E-state index contributed by atoms with van der Waals surface area (Å²) in [4.78, 5) is 14.4. The van der Waals surface area contributed by atoms with E-state index in [-0.39, 0.29) is 10.6 Å². The number of halogens is 1. The molecule has 1 heterocycles. The van der Waals surface area contributed by atoms with Crippen LogP contribution < -0.4 is 5.32 Å². The van der Waals surface area contributed by atoms with E-state index in [2.05, 4.69) is 10.3 Å². The van der Waals surface area contributed by atoms with Crippen molar-refractivity contribution in [3.05, 3.63) is 62.9 Å². The first-order valence-electron chi connectivity index (χ1n) is 5.66. The second-order valence-electron chi connectivity index (χ2n) is 4.04.